The maximum atomic E-state index is 13.1. The molecule has 3 nitrogen and oxygen atoms in total. The van der Waals surface area contributed by atoms with Crippen LogP contribution in [0, 0.1) is 5.82 Å². The van der Waals surface area contributed by atoms with E-state index in [-0.39, 0.29) is 25.1 Å². The molecule has 1 aromatic rings. The van der Waals surface area contributed by atoms with Gasteiger partial charge in [-0.2, -0.15) is 0 Å². The number of fused-ring (bicyclic) bond motifs is 1. The third-order valence-electron chi connectivity index (χ3n) is 3.95. The van der Waals surface area contributed by atoms with Gasteiger partial charge in [0.1, 0.15) is 5.82 Å². The van der Waals surface area contributed by atoms with Crippen molar-refractivity contribution in [3.63, 3.8) is 0 Å². The molecule has 0 spiro atoms. The molecule has 0 aromatic heterocycles. The van der Waals surface area contributed by atoms with Crippen molar-refractivity contribution in [2.24, 2.45) is 0 Å². The van der Waals surface area contributed by atoms with E-state index in [0.717, 1.165) is 24.0 Å². The molecule has 0 saturated carbocycles. The van der Waals surface area contributed by atoms with E-state index >= 15 is 0 Å². The van der Waals surface area contributed by atoms with E-state index in [1.54, 1.807) is 12.1 Å². The van der Waals surface area contributed by atoms with Crippen LogP contribution in [-0.2, 0) is 6.42 Å². The van der Waals surface area contributed by atoms with Gasteiger partial charge in [-0.15, -0.1) is 0 Å². The van der Waals surface area contributed by atoms with Crippen LogP contribution in [0.5, 0.6) is 0 Å². The Morgan fingerprint density at radius 2 is 2.11 bits per heavy atom. The SMILES string of the molecule is CCC(CO)(CO)NC1CCc2cc(F)ccc21. The highest BCUT2D eigenvalue weighted by Gasteiger charge is 2.32. The smallest absolute Gasteiger partial charge is 0.123 e. The zero-order chi connectivity index (χ0) is 13.2. The first kappa shape index (κ1) is 13.5. The topological polar surface area (TPSA) is 52.5 Å². The van der Waals surface area contributed by atoms with Gasteiger partial charge in [-0.25, -0.2) is 4.39 Å². The summed E-state index contributed by atoms with van der Waals surface area (Å²) in [5.41, 5.74) is 1.45. The van der Waals surface area contributed by atoms with Gasteiger partial charge in [0.05, 0.1) is 18.8 Å². The summed E-state index contributed by atoms with van der Waals surface area (Å²) in [6, 6.07) is 4.91. The van der Waals surface area contributed by atoms with E-state index in [4.69, 9.17) is 0 Å². The Kier molecular flexibility index (Phi) is 4.00. The molecule has 4 heteroatoms. The number of hydrogen-bond acceptors (Lipinski definition) is 3. The number of aliphatic hydroxyl groups is 2. The average Bonchev–Trinajstić information content (AvgIpc) is 2.78. The summed E-state index contributed by atoms with van der Waals surface area (Å²) in [6.07, 6.45) is 2.36. The molecule has 3 N–H and O–H groups in total. The predicted molar refractivity (Wildman–Crippen MR) is 67.8 cm³/mol. The van der Waals surface area contributed by atoms with Crippen molar-refractivity contribution in [1.29, 1.82) is 0 Å². The zero-order valence-electron chi connectivity index (χ0n) is 10.6. The minimum atomic E-state index is -0.652. The van der Waals surface area contributed by atoms with Crippen LogP contribution >= 0.6 is 0 Å². The molecule has 0 fully saturated rings. The van der Waals surface area contributed by atoms with Crippen LogP contribution in [0.4, 0.5) is 4.39 Å². The largest absolute Gasteiger partial charge is 0.394 e. The van der Waals surface area contributed by atoms with Crippen molar-refractivity contribution in [3.8, 4) is 0 Å². The third-order valence-corrected chi connectivity index (χ3v) is 3.95. The van der Waals surface area contributed by atoms with Crippen LogP contribution in [0.25, 0.3) is 0 Å². The summed E-state index contributed by atoms with van der Waals surface area (Å²) in [7, 11) is 0. The van der Waals surface area contributed by atoms with E-state index < -0.39 is 5.54 Å². The Morgan fingerprint density at radius 3 is 2.72 bits per heavy atom. The van der Waals surface area contributed by atoms with Crippen molar-refractivity contribution in [1.82, 2.24) is 5.32 Å². The van der Waals surface area contributed by atoms with E-state index in [9.17, 15) is 14.6 Å². The second-order valence-corrected chi connectivity index (χ2v) is 5.03. The van der Waals surface area contributed by atoms with Crippen LogP contribution in [0.3, 0.4) is 0 Å². The molecule has 1 aliphatic carbocycles. The van der Waals surface area contributed by atoms with Crippen molar-refractivity contribution in [2.45, 2.75) is 37.8 Å². The number of aryl methyl sites for hydroxylation is 1. The highest BCUT2D eigenvalue weighted by atomic mass is 19.1. The lowest BCUT2D eigenvalue weighted by Crippen LogP contribution is -2.52. The molecule has 1 aliphatic rings. The van der Waals surface area contributed by atoms with Gasteiger partial charge in [0.2, 0.25) is 0 Å². The first-order valence-electron chi connectivity index (χ1n) is 6.42. The number of hydrogen-bond donors (Lipinski definition) is 3. The van der Waals surface area contributed by atoms with E-state index in [2.05, 4.69) is 5.32 Å². The standard InChI is InChI=1S/C14H20FNO2/c1-2-14(8-17,9-18)16-13-6-3-10-7-11(15)4-5-12(10)13/h4-5,7,13,16-18H,2-3,6,8-9H2,1H3. The lowest BCUT2D eigenvalue weighted by atomic mass is 9.95. The quantitative estimate of drug-likeness (QED) is 0.746. The Balaban J connectivity index is 2.18. The number of halogens is 1. The lowest BCUT2D eigenvalue weighted by Gasteiger charge is -2.33. The molecule has 2 rings (SSSR count). The van der Waals surface area contributed by atoms with Crippen LogP contribution < -0.4 is 5.32 Å². The van der Waals surface area contributed by atoms with Gasteiger partial charge in [-0.05, 0) is 42.5 Å². The minimum absolute atomic E-state index is 0.0832. The van der Waals surface area contributed by atoms with Gasteiger partial charge in [-0.3, -0.25) is 0 Å². The molecule has 0 saturated heterocycles. The van der Waals surface area contributed by atoms with Gasteiger partial charge < -0.3 is 15.5 Å². The summed E-state index contributed by atoms with van der Waals surface area (Å²) >= 11 is 0. The molecule has 18 heavy (non-hydrogen) atoms. The first-order valence-corrected chi connectivity index (χ1v) is 6.42. The maximum absolute atomic E-state index is 13.1. The molecule has 0 heterocycles. The Morgan fingerprint density at radius 1 is 1.39 bits per heavy atom. The highest BCUT2D eigenvalue weighted by molar-refractivity contribution is 5.35. The van der Waals surface area contributed by atoms with Crippen molar-refractivity contribution >= 4 is 0 Å². The van der Waals surface area contributed by atoms with Crippen LogP contribution in [-0.4, -0.2) is 29.0 Å². The number of rotatable bonds is 5. The molecule has 0 amide bonds. The van der Waals surface area contributed by atoms with Crippen LogP contribution in [0.2, 0.25) is 0 Å². The molecule has 0 aliphatic heterocycles. The normalized spacial score (nSPS) is 19.0. The van der Waals surface area contributed by atoms with Crippen molar-refractivity contribution < 1.29 is 14.6 Å². The zero-order valence-corrected chi connectivity index (χ0v) is 10.6. The van der Waals surface area contributed by atoms with Crippen LogP contribution in [0.15, 0.2) is 18.2 Å². The summed E-state index contributed by atoms with van der Waals surface area (Å²) in [5.74, 6) is -0.208. The molecule has 0 bridgehead atoms. The minimum Gasteiger partial charge on any atom is -0.394 e. The molecular formula is C14H20FNO2. The first-order chi connectivity index (χ1) is 8.64. The predicted octanol–water partition coefficient (Wildman–Crippen LogP) is 1.54. The lowest BCUT2D eigenvalue weighted by molar-refractivity contribution is 0.0775. The fraction of sp³-hybridized carbons (Fsp3) is 0.571. The maximum Gasteiger partial charge on any atom is 0.123 e. The number of aliphatic hydroxyl groups excluding tert-OH is 2. The Bertz CT molecular complexity index is 410. The van der Waals surface area contributed by atoms with Gasteiger partial charge in [0, 0.05) is 6.04 Å². The van der Waals surface area contributed by atoms with E-state index in [0.29, 0.717) is 6.42 Å². The van der Waals surface area contributed by atoms with Gasteiger partial charge in [-0.1, -0.05) is 13.0 Å². The molecule has 1 atom stereocenters. The summed E-state index contributed by atoms with van der Waals surface area (Å²) in [6.45, 7) is 1.72. The van der Waals surface area contributed by atoms with E-state index in [1.807, 2.05) is 6.92 Å². The second kappa shape index (κ2) is 5.34. The second-order valence-electron chi connectivity index (χ2n) is 5.03. The molecule has 1 aromatic carbocycles. The summed E-state index contributed by atoms with van der Waals surface area (Å²) < 4.78 is 13.1. The molecule has 100 valence electrons. The Labute approximate surface area is 107 Å². The van der Waals surface area contributed by atoms with Crippen LogP contribution in [0.1, 0.15) is 36.9 Å². The Hall–Kier alpha value is -0.970. The molecule has 1 unspecified atom stereocenters. The van der Waals surface area contributed by atoms with Gasteiger partial charge in [0.25, 0.3) is 0 Å². The molecule has 0 radical (unpaired) electrons. The van der Waals surface area contributed by atoms with Crippen molar-refractivity contribution in [3.05, 3.63) is 35.1 Å². The van der Waals surface area contributed by atoms with E-state index in [1.165, 1.54) is 6.07 Å². The average molecular weight is 253 g/mol. The van der Waals surface area contributed by atoms with Crippen molar-refractivity contribution in [2.75, 3.05) is 13.2 Å². The fourth-order valence-electron chi connectivity index (χ4n) is 2.57. The van der Waals surface area contributed by atoms with Gasteiger partial charge in [0.15, 0.2) is 0 Å². The monoisotopic (exact) mass is 253 g/mol. The number of nitrogens with one attached hydrogen (secondary N) is 1. The van der Waals surface area contributed by atoms with Gasteiger partial charge >= 0.3 is 0 Å². The third kappa shape index (κ3) is 2.41. The highest BCUT2D eigenvalue weighted by Crippen LogP contribution is 2.33. The fourth-order valence-corrected chi connectivity index (χ4v) is 2.57. The molecular weight excluding hydrogens is 233 g/mol. The summed E-state index contributed by atoms with van der Waals surface area (Å²) in [5, 5.41) is 22.2. The number of benzene rings is 1. The summed E-state index contributed by atoms with van der Waals surface area (Å²) in [4.78, 5) is 0.